The lowest BCUT2D eigenvalue weighted by atomic mass is 9.86. The highest BCUT2D eigenvalue weighted by Gasteiger charge is 2.21. The topological polar surface area (TPSA) is 38.7 Å². The van der Waals surface area contributed by atoms with Gasteiger partial charge in [0.1, 0.15) is 11.5 Å². The first kappa shape index (κ1) is 15.8. The molecule has 112 valence electrons. The molecule has 0 saturated heterocycles. The zero-order valence-electron chi connectivity index (χ0n) is 12.8. The summed E-state index contributed by atoms with van der Waals surface area (Å²) in [4.78, 5) is 10.1. The van der Waals surface area contributed by atoms with E-state index in [2.05, 4.69) is 20.8 Å². The second kappa shape index (κ2) is 6.46. The largest absolute Gasteiger partial charge is 0.460 e. The van der Waals surface area contributed by atoms with Crippen LogP contribution in [0, 0.1) is 6.92 Å². The summed E-state index contributed by atoms with van der Waals surface area (Å²) >= 11 is 0. The zero-order valence-corrected chi connectivity index (χ0v) is 13.7. The van der Waals surface area contributed by atoms with Gasteiger partial charge >= 0.3 is 8.60 Å². The number of benzene rings is 2. The molecule has 0 aliphatic rings. The molecule has 0 radical (unpaired) electrons. The van der Waals surface area contributed by atoms with Crippen molar-refractivity contribution in [2.24, 2.45) is 0 Å². The summed E-state index contributed by atoms with van der Waals surface area (Å²) in [5, 5.41) is 0. The van der Waals surface area contributed by atoms with E-state index in [9.17, 15) is 4.89 Å². The maximum Gasteiger partial charge on any atom is 0.460 e. The van der Waals surface area contributed by atoms with Crippen molar-refractivity contribution in [2.45, 2.75) is 33.1 Å². The van der Waals surface area contributed by atoms with Gasteiger partial charge in [0.15, 0.2) is 0 Å². The van der Waals surface area contributed by atoms with E-state index in [-0.39, 0.29) is 5.41 Å². The van der Waals surface area contributed by atoms with Crippen molar-refractivity contribution >= 4 is 8.60 Å². The van der Waals surface area contributed by atoms with Crippen LogP contribution >= 0.6 is 8.60 Å². The van der Waals surface area contributed by atoms with Crippen molar-refractivity contribution < 1.29 is 13.9 Å². The first-order valence-corrected chi connectivity index (χ1v) is 8.00. The average molecular weight is 304 g/mol. The van der Waals surface area contributed by atoms with Gasteiger partial charge in [0, 0.05) is 5.56 Å². The molecule has 2 aromatic carbocycles. The fourth-order valence-electron chi connectivity index (χ4n) is 2.03. The predicted octanol–water partition coefficient (Wildman–Crippen LogP) is 4.97. The average Bonchev–Trinajstić information content (AvgIpc) is 2.37. The quantitative estimate of drug-likeness (QED) is 0.810. The van der Waals surface area contributed by atoms with Crippen LogP contribution in [-0.4, -0.2) is 4.89 Å². The van der Waals surface area contributed by atoms with Crippen molar-refractivity contribution in [1.29, 1.82) is 0 Å². The van der Waals surface area contributed by atoms with E-state index in [0.717, 1.165) is 11.1 Å². The highest BCUT2D eigenvalue weighted by Crippen LogP contribution is 2.40. The van der Waals surface area contributed by atoms with E-state index in [1.165, 1.54) is 0 Å². The molecule has 2 rings (SSSR count). The Kier molecular flexibility index (Phi) is 4.87. The molecule has 1 N–H and O–H groups in total. The van der Waals surface area contributed by atoms with Crippen molar-refractivity contribution in [2.75, 3.05) is 0 Å². The zero-order chi connectivity index (χ0) is 15.5. The van der Waals surface area contributed by atoms with Crippen molar-refractivity contribution in [3.63, 3.8) is 0 Å². The molecule has 2 aromatic rings. The van der Waals surface area contributed by atoms with Gasteiger partial charge in [-0.25, -0.2) is 0 Å². The maximum absolute atomic E-state index is 10.1. The molecule has 0 aliphatic heterocycles. The van der Waals surface area contributed by atoms with E-state index >= 15 is 0 Å². The number of aryl methyl sites for hydroxylation is 1. The van der Waals surface area contributed by atoms with Gasteiger partial charge in [0.2, 0.25) is 0 Å². The molecule has 0 fully saturated rings. The lowest BCUT2D eigenvalue weighted by Gasteiger charge is -2.23. The smallest absolute Gasteiger partial charge is 0.418 e. The molecule has 0 aromatic heterocycles. The molecule has 0 spiro atoms. The maximum atomic E-state index is 10.1. The molecule has 21 heavy (non-hydrogen) atoms. The van der Waals surface area contributed by atoms with Crippen LogP contribution in [0.15, 0.2) is 48.5 Å². The van der Waals surface area contributed by atoms with Crippen LogP contribution in [0.3, 0.4) is 0 Å². The molecule has 1 atom stereocenters. The van der Waals surface area contributed by atoms with Crippen LogP contribution in [0.2, 0.25) is 0 Å². The molecule has 0 bridgehead atoms. The predicted molar refractivity (Wildman–Crippen MR) is 86.7 cm³/mol. The molecule has 3 nitrogen and oxygen atoms in total. The number of hydrogen-bond acceptors (Lipinski definition) is 3. The Labute approximate surface area is 127 Å². The molecular weight excluding hydrogens is 283 g/mol. The third-order valence-corrected chi connectivity index (χ3v) is 3.76. The van der Waals surface area contributed by atoms with E-state index < -0.39 is 8.60 Å². The number of hydrogen-bond donors (Lipinski definition) is 1. The van der Waals surface area contributed by atoms with Crippen molar-refractivity contribution in [3.8, 4) is 11.5 Å². The molecule has 0 aliphatic carbocycles. The standard InChI is InChI=1S/C17H21O3P/c1-13-8-7-9-14(12-13)19-21(18)20-16-11-6-5-10-15(16)17(2,3)4/h5-12,18H,1-4H3. The summed E-state index contributed by atoms with van der Waals surface area (Å²) < 4.78 is 11.1. The molecular formula is C17H21O3P. The summed E-state index contributed by atoms with van der Waals surface area (Å²) in [6.07, 6.45) is 0. The van der Waals surface area contributed by atoms with Crippen LogP contribution < -0.4 is 9.05 Å². The fraction of sp³-hybridized carbons (Fsp3) is 0.294. The third kappa shape index (κ3) is 4.45. The molecule has 0 amide bonds. The van der Waals surface area contributed by atoms with Crippen LogP contribution in [0.1, 0.15) is 31.9 Å². The SMILES string of the molecule is Cc1cccc(OP(O)Oc2ccccc2C(C)(C)C)c1. The Morgan fingerprint density at radius 1 is 0.952 bits per heavy atom. The van der Waals surface area contributed by atoms with Crippen LogP contribution in [-0.2, 0) is 5.41 Å². The minimum absolute atomic E-state index is 0.0594. The summed E-state index contributed by atoms with van der Waals surface area (Å²) in [5.41, 5.74) is 2.06. The van der Waals surface area contributed by atoms with Crippen LogP contribution in [0.4, 0.5) is 0 Å². The number of rotatable bonds is 4. The molecule has 4 heteroatoms. The first-order valence-electron chi connectivity index (χ1n) is 6.87. The van der Waals surface area contributed by atoms with E-state index in [0.29, 0.717) is 11.5 Å². The number of para-hydroxylation sites is 1. The highest BCUT2D eigenvalue weighted by molar-refractivity contribution is 7.41. The van der Waals surface area contributed by atoms with Gasteiger partial charge in [-0.15, -0.1) is 0 Å². The van der Waals surface area contributed by atoms with E-state index in [1.54, 1.807) is 6.07 Å². The Bertz CT molecular complexity index is 605. The summed E-state index contributed by atoms with van der Waals surface area (Å²) in [7, 11) is -2.01. The first-order chi connectivity index (χ1) is 9.86. The van der Waals surface area contributed by atoms with Gasteiger partial charge < -0.3 is 13.9 Å². The lowest BCUT2D eigenvalue weighted by molar-refractivity contribution is 0.376. The molecule has 0 heterocycles. The van der Waals surface area contributed by atoms with E-state index in [4.69, 9.17) is 9.05 Å². The lowest BCUT2D eigenvalue weighted by Crippen LogP contribution is -2.12. The summed E-state index contributed by atoms with van der Waals surface area (Å²) in [6, 6.07) is 15.2. The van der Waals surface area contributed by atoms with Crippen LogP contribution in [0.5, 0.6) is 11.5 Å². The third-order valence-electron chi connectivity index (χ3n) is 3.04. The Morgan fingerprint density at radius 2 is 1.67 bits per heavy atom. The second-order valence-electron chi connectivity index (χ2n) is 5.98. The van der Waals surface area contributed by atoms with Gasteiger partial charge in [-0.05, 0) is 36.1 Å². The minimum Gasteiger partial charge on any atom is -0.418 e. The van der Waals surface area contributed by atoms with Crippen molar-refractivity contribution in [1.82, 2.24) is 0 Å². The summed E-state index contributed by atoms with van der Waals surface area (Å²) in [5.74, 6) is 1.27. The summed E-state index contributed by atoms with van der Waals surface area (Å²) in [6.45, 7) is 8.30. The van der Waals surface area contributed by atoms with E-state index in [1.807, 2.05) is 49.4 Å². The Hall–Kier alpha value is -1.57. The minimum atomic E-state index is -2.01. The highest BCUT2D eigenvalue weighted by atomic mass is 31.2. The van der Waals surface area contributed by atoms with Gasteiger partial charge in [-0.3, -0.25) is 0 Å². The van der Waals surface area contributed by atoms with Crippen LogP contribution in [0.25, 0.3) is 0 Å². The van der Waals surface area contributed by atoms with Gasteiger partial charge in [-0.2, -0.15) is 0 Å². The normalized spacial score (nSPS) is 12.8. The fourth-order valence-corrected chi connectivity index (χ4v) is 2.69. The monoisotopic (exact) mass is 304 g/mol. The van der Waals surface area contributed by atoms with Gasteiger partial charge in [0.25, 0.3) is 0 Å². The van der Waals surface area contributed by atoms with Crippen molar-refractivity contribution in [3.05, 3.63) is 59.7 Å². The Balaban J connectivity index is 2.11. The molecule has 0 saturated carbocycles. The van der Waals surface area contributed by atoms with Gasteiger partial charge in [0.05, 0.1) is 0 Å². The molecule has 1 unspecified atom stereocenters. The van der Waals surface area contributed by atoms with Gasteiger partial charge in [-0.1, -0.05) is 51.1 Å². The second-order valence-corrected chi connectivity index (χ2v) is 6.82. The Morgan fingerprint density at radius 3 is 2.33 bits per heavy atom.